The Bertz CT molecular complexity index is 757. The van der Waals surface area contributed by atoms with Crippen molar-refractivity contribution in [2.24, 2.45) is 5.92 Å². The Balaban J connectivity index is 1.94. The second-order valence-corrected chi connectivity index (χ2v) is 5.90. The number of carbonyl (C=O) groups is 2. The summed E-state index contributed by atoms with van der Waals surface area (Å²) in [5.41, 5.74) is 3.02. The van der Waals surface area contributed by atoms with E-state index in [1.165, 1.54) is 13.2 Å². The first kappa shape index (κ1) is 18.3. The van der Waals surface area contributed by atoms with Crippen molar-refractivity contribution >= 4 is 23.4 Å². The van der Waals surface area contributed by atoms with E-state index in [1.54, 1.807) is 31.2 Å². The number of urea groups is 1. The van der Waals surface area contributed by atoms with Crippen molar-refractivity contribution in [2.45, 2.75) is 20.3 Å². The van der Waals surface area contributed by atoms with Gasteiger partial charge in [0.2, 0.25) is 0 Å². The second kappa shape index (κ2) is 8.19. The molecule has 3 N–H and O–H groups in total. The third kappa shape index (κ3) is 5.24. The number of rotatable bonds is 5. The highest BCUT2D eigenvalue weighted by Gasteiger charge is 2.13. The third-order valence-electron chi connectivity index (χ3n) is 3.82. The van der Waals surface area contributed by atoms with Crippen LogP contribution >= 0.6 is 0 Å². The van der Waals surface area contributed by atoms with E-state index in [9.17, 15) is 14.7 Å². The molecule has 25 heavy (non-hydrogen) atoms. The number of anilines is 2. The van der Waals surface area contributed by atoms with Gasteiger partial charge in [-0.3, -0.25) is 4.79 Å². The Labute approximate surface area is 146 Å². The highest BCUT2D eigenvalue weighted by molar-refractivity contribution is 6.00. The molecular formula is C19H22N2O4. The first-order chi connectivity index (χ1) is 11.9. The zero-order valence-electron chi connectivity index (χ0n) is 14.5. The zero-order chi connectivity index (χ0) is 18.4. The molecule has 0 spiro atoms. The van der Waals surface area contributed by atoms with Crippen molar-refractivity contribution in [1.29, 1.82) is 0 Å². The number of phenols is 1. The number of aromatic hydroxyl groups is 1. The molecular weight excluding hydrogens is 320 g/mol. The van der Waals surface area contributed by atoms with Gasteiger partial charge < -0.3 is 20.5 Å². The number of methoxy groups -OCH3 is 1. The van der Waals surface area contributed by atoms with E-state index in [4.69, 9.17) is 4.74 Å². The monoisotopic (exact) mass is 342 g/mol. The summed E-state index contributed by atoms with van der Waals surface area (Å²) in [5, 5.41) is 14.9. The largest absolute Gasteiger partial charge is 0.508 e. The molecule has 0 bridgehead atoms. The van der Waals surface area contributed by atoms with E-state index >= 15 is 0 Å². The Hall–Kier alpha value is -3.02. The summed E-state index contributed by atoms with van der Waals surface area (Å²) in [6.45, 7) is 3.61. The molecule has 1 atom stereocenters. The van der Waals surface area contributed by atoms with Crippen molar-refractivity contribution in [2.75, 3.05) is 17.7 Å². The number of hydrogen-bond acceptors (Lipinski definition) is 4. The van der Waals surface area contributed by atoms with Crippen LogP contribution in [-0.2, 0) is 16.0 Å². The molecule has 2 aromatic rings. The van der Waals surface area contributed by atoms with Crippen LogP contribution in [0.3, 0.4) is 0 Å². The number of esters is 1. The fourth-order valence-electron chi connectivity index (χ4n) is 2.43. The van der Waals surface area contributed by atoms with Gasteiger partial charge in [0.25, 0.3) is 0 Å². The Morgan fingerprint density at radius 2 is 1.80 bits per heavy atom. The molecule has 0 aliphatic heterocycles. The van der Waals surface area contributed by atoms with Gasteiger partial charge >= 0.3 is 12.0 Å². The molecule has 0 radical (unpaired) electrons. The lowest BCUT2D eigenvalue weighted by Gasteiger charge is -2.12. The summed E-state index contributed by atoms with van der Waals surface area (Å²) >= 11 is 0. The van der Waals surface area contributed by atoms with E-state index in [0.717, 1.165) is 11.1 Å². The summed E-state index contributed by atoms with van der Waals surface area (Å²) in [6.07, 6.45) is 0.575. The molecule has 0 aliphatic rings. The van der Waals surface area contributed by atoms with Crippen LogP contribution in [0.5, 0.6) is 5.75 Å². The van der Waals surface area contributed by atoms with Crippen LogP contribution < -0.4 is 10.6 Å². The Morgan fingerprint density at radius 1 is 1.12 bits per heavy atom. The molecule has 0 fully saturated rings. The number of nitrogens with one attached hydrogen (secondary N) is 2. The minimum Gasteiger partial charge on any atom is -0.508 e. The van der Waals surface area contributed by atoms with Crippen LogP contribution in [0.4, 0.5) is 16.2 Å². The summed E-state index contributed by atoms with van der Waals surface area (Å²) in [6, 6.07) is 11.6. The SMILES string of the molecule is COC(=O)C(C)Cc1ccc(NC(=O)Nc2ccc(O)cc2C)cc1. The first-order valence-corrected chi connectivity index (χ1v) is 7.93. The van der Waals surface area contributed by atoms with Crippen LogP contribution in [-0.4, -0.2) is 24.2 Å². The standard InChI is InChI=1S/C19H22N2O4/c1-12-11-16(22)8-9-17(12)21-19(24)20-15-6-4-14(5-7-15)10-13(2)18(23)25-3/h4-9,11,13,22H,10H2,1-3H3,(H2,20,21,24). The van der Waals surface area contributed by atoms with Crippen LogP contribution in [0.15, 0.2) is 42.5 Å². The van der Waals surface area contributed by atoms with Gasteiger partial charge in [0.1, 0.15) is 5.75 Å². The molecule has 0 aliphatic carbocycles. The normalized spacial score (nSPS) is 11.5. The van der Waals surface area contributed by atoms with E-state index in [2.05, 4.69) is 10.6 Å². The predicted octanol–water partition coefficient (Wildman–Crippen LogP) is 3.70. The second-order valence-electron chi connectivity index (χ2n) is 5.90. The summed E-state index contributed by atoms with van der Waals surface area (Å²) in [5.74, 6) is -0.310. The van der Waals surface area contributed by atoms with Crippen molar-refractivity contribution in [3.63, 3.8) is 0 Å². The molecule has 0 saturated carbocycles. The lowest BCUT2D eigenvalue weighted by molar-refractivity contribution is -0.144. The van der Waals surface area contributed by atoms with Gasteiger partial charge in [-0.15, -0.1) is 0 Å². The number of hydrogen-bond donors (Lipinski definition) is 3. The molecule has 6 nitrogen and oxygen atoms in total. The molecule has 2 aromatic carbocycles. The minimum absolute atomic E-state index is 0.153. The maximum atomic E-state index is 12.1. The van der Waals surface area contributed by atoms with Gasteiger partial charge in [-0.2, -0.15) is 0 Å². The third-order valence-corrected chi connectivity index (χ3v) is 3.82. The van der Waals surface area contributed by atoms with Gasteiger partial charge in [-0.25, -0.2) is 4.79 Å². The lowest BCUT2D eigenvalue weighted by Crippen LogP contribution is -2.20. The van der Waals surface area contributed by atoms with E-state index in [-0.39, 0.29) is 23.7 Å². The molecule has 2 amide bonds. The quantitative estimate of drug-likeness (QED) is 0.571. The number of carbonyl (C=O) groups excluding carboxylic acids is 2. The van der Waals surface area contributed by atoms with Crippen molar-refractivity contribution in [3.05, 3.63) is 53.6 Å². The van der Waals surface area contributed by atoms with E-state index in [0.29, 0.717) is 17.8 Å². The van der Waals surface area contributed by atoms with Crippen LogP contribution in [0.1, 0.15) is 18.1 Å². The number of aryl methyl sites for hydroxylation is 1. The van der Waals surface area contributed by atoms with Crippen LogP contribution in [0.2, 0.25) is 0 Å². The Kier molecular flexibility index (Phi) is 6.00. The fourth-order valence-corrected chi connectivity index (χ4v) is 2.43. The Morgan fingerprint density at radius 3 is 2.40 bits per heavy atom. The van der Waals surface area contributed by atoms with Crippen molar-refractivity contribution in [1.82, 2.24) is 0 Å². The highest BCUT2D eigenvalue weighted by Crippen LogP contribution is 2.20. The van der Waals surface area contributed by atoms with E-state index < -0.39 is 0 Å². The molecule has 132 valence electrons. The molecule has 2 rings (SSSR count). The number of ether oxygens (including phenoxy) is 1. The fraction of sp³-hybridized carbons (Fsp3) is 0.263. The van der Waals surface area contributed by atoms with Gasteiger partial charge in [-0.05, 0) is 54.8 Å². The molecule has 0 heterocycles. The number of benzene rings is 2. The molecule has 0 aromatic heterocycles. The van der Waals surface area contributed by atoms with Gasteiger partial charge in [0.05, 0.1) is 13.0 Å². The maximum absolute atomic E-state index is 12.1. The molecule has 6 heteroatoms. The first-order valence-electron chi connectivity index (χ1n) is 7.93. The highest BCUT2D eigenvalue weighted by atomic mass is 16.5. The van der Waals surface area contributed by atoms with Crippen LogP contribution in [0.25, 0.3) is 0 Å². The van der Waals surface area contributed by atoms with Crippen molar-refractivity contribution in [3.8, 4) is 5.75 Å². The maximum Gasteiger partial charge on any atom is 0.323 e. The van der Waals surface area contributed by atoms with Crippen molar-refractivity contribution < 1.29 is 19.4 Å². The molecule has 0 saturated heterocycles. The van der Waals surface area contributed by atoms with Crippen LogP contribution in [0, 0.1) is 12.8 Å². The molecule has 1 unspecified atom stereocenters. The zero-order valence-corrected chi connectivity index (χ0v) is 14.5. The average molecular weight is 342 g/mol. The smallest absolute Gasteiger partial charge is 0.323 e. The summed E-state index contributed by atoms with van der Waals surface area (Å²) in [4.78, 5) is 23.5. The summed E-state index contributed by atoms with van der Waals surface area (Å²) in [7, 11) is 1.38. The average Bonchev–Trinajstić information content (AvgIpc) is 2.58. The predicted molar refractivity (Wildman–Crippen MR) is 96.8 cm³/mol. The van der Waals surface area contributed by atoms with Gasteiger partial charge in [0, 0.05) is 11.4 Å². The topological polar surface area (TPSA) is 87.7 Å². The minimum atomic E-state index is -0.371. The number of amides is 2. The number of phenolic OH excluding ortho intramolecular Hbond substituents is 1. The van der Waals surface area contributed by atoms with E-state index in [1.807, 2.05) is 19.1 Å². The van der Waals surface area contributed by atoms with Gasteiger partial charge in [-0.1, -0.05) is 19.1 Å². The van der Waals surface area contributed by atoms with Gasteiger partial charge in [0.15, 0.2) is 0 Å². The lowest BCUT2D eigenvalue weighted by atomic mass is 10.0. The summed E-state index contributed by atoms with van der Waals surface area (Å²) < 4.78 is 4.71.